The van der Waals surface area contributed by atoms with E-state index in [4.69, 9.17) is 24.5 Å². The molecule has 0 radical (unpaired) electrons. The van der Waals surface area contributed by atoms with Crippen molar-refractivity contribution >= 4 is 29.8 Å². The summed E-state index contributed by atoms with van der Waals surface area (Å²) in [6.07, 6.45) is -1.26. The summed E-state index contributed by atoms with van der Waals surface area (Å²) in [6, 6.07) is 11.3. The first-order valence-corrected chi connectivity index (χ1v) is 12.4. The Morgan fingerprint density at radius 3 is 2.05 bits per heavy atom. The minimum Gasteiger partial charge on any atom is -0.483 e. The van der Waals surface area contributed by atoms with Crippen LogP contribution in [0.1, 0.15) is 49.5 Å². The molecule has 4 N–H and O–H groups in total. The number of nitrogens with zero attached hydrogens (tertiary/aromatic N) is 3. The lowest BCUT2D eigenvalue weighted by Gasteiger charge is -2.23. The summed E-state index contributed by atoms with van der Waals surface area (Å²) < 4.78 is 68.3. The smallest absolute Gasteiger partial charge is 0.483 e. The average Bonchev–Trinajstić information content (AvgIpc) is 3.30. The van der Waals surface area contributed by atoms with E-state index in [1.54, 1.807) is 10.7 Å². The van der Waals surface area contributed by atoms with Gasteiger partial charge in [-0.15, -0.1) is 5.10 Å². The second kappa shape index (κ2) is 16.9. The minimum absolute atomic E-state index is 0.0518. The number of nitrogens with one attached hydrogen (secondary N) is 2. The second-order valence-corrected chi connectivity index (χ2v) is 9.60. The van der Waals surface area contributed by atoms with Crippen LogP contribution in [0, 0.1) is 0 Å². The van der Waals surface area contributed by atoms with Crippen LogP contribution in [0.15, 0.2) is 42.6 Å². The molecule has 3 aromatic rings. The van der Waals surface area contributed by atoms with E-state index in [0.29, 0.717) is 22.9 Å². The summed E-state index contributed by atoms with van der Waals surface area (Å²) in [5, 5.41) is 24.6. The third-order valence-electron chi connectivity index (χ3n) is 5.37. The summed E-state index contributed by atoms with van der Waals surface area (Å²) in [5.41, 5.74) is 2.49. The number of aromatic nitrogens is 3. The van der Waals surface area contributed by atoms with Crippen LogP contribution < -0.4 is 15.4 Å². The first kappa shape index (κ1) is 36.6. The SMILES string of the molecule is CC(C)(C)c1ccc(C(=O)Nc2cn3nc(OC4CCNCC4)ccc3n2)cc1.FC(F)F.O=C(O)C(F)(F)F.O=CO. The van der Waals surface area contributed by atoms with Gasteiger partial charge in [-0.25, -0.2) is 14.3 Å². The van der Waals surface area contributed by atoms with E-state index in [-0.39, 0.29) is 23.9 Å². The summed E-state index contributed by atoms with van der Waals surface area (Å²) in [4.78, 5) is 34.3. The van der Waals surface area contributed by atoms with Gasteiger partial charge < -0.3 is 25.6 Å². The van der Waals surface area contributed by atoms with Gasteiger partial charge in [0.15, 0.2) is 11.5 Å². The van der Waals surface area contributed by atoms with E-state index >= 15 is 0 Å². The number of carbonyl (C=O) groups excluding carboxylic acids is 1. The number of carboxylic acid groups (broad SMARTS) is 2. The third-order valence-corrected chi connectivity index (χ3v) is 5.37. The Morgan fingerprint density at radius 1 is 1.07 bits per heavy atom. The quantitative estimate of drug-likeness (QED) is 0.234. The number of imidazole rings is 1. The fraction of sp³-hybridized carbons (Fsp3) is 0.423. The van der Waals surface area contributed by atoms with E-state index in [2.05, 4.69) is 41.5 Å². The zero-order valence-corrected chi connectivity index (χ0v) is 23.2. The summed E-state index contributed by atoms with van der Waals surface area (Å²) in [5.74, 6) is -1.92. The standard InChI is InChI=1S/C22H27N5O2.C2HF3O2.CHF3.CH2O2/c1-22(2,3)16-6-4-15(5-7-16)21(28)25-18-14-27-19(24-18)8-9-20(26-27)29-17-10-12-23-13-11-17;3-2(4,5)1(6)7;2-1(3)4;2-1-3/h4-9,14,17,23H,10-13H2,1-3H3,(H,25,28);(H,6,7);1H;1H,(H,2,3). The number of amides is 1. The van der Waals surface area contributed by atoms with Crippen LogP contribution in [-0.4, -0.2) is 75.2 Å². The van der Waals surface area contributed by atoms with Crippen LogP contribution in [0.2, 0.25) is 0 Å². The molecular formula is C26H31F6N5O6. The molecule has 4 rings (SSSR count). The van der Waals surface area contributed by atoms with E-state index in [1.165, 1.54) is 5.56 Å². The van der Waals surface area contributed by atoms with Gasteiger partial charge in [-0.3, -0.25) is 9.59 Å². The Morgan fingerprint density at radius 2 is 1.58 bits per heavy atom. The highest BCUT2D eigenvalue weighted by atomic mass is 19.4. The Balaban J connectivity index is 0.000000555. The predicted octanol–water partition coefficient (Wildman–Crippen LogP) is 4.92. The summed E-state index contributed by atoms with van der Waals surface area (Å²) in [7, 11) is 0. The molecule has 2 aromatic heterocycles. The molecule has 17 heteroatoms. The number of rotatable bonds is 4. The van der Waals surface area contributed by atoms with Crippen LogP contribution >= 0.6 is 0 Å². The molecule has 0 saturated carbocycles. The van der Waals surface area contributed by atoms with Gasteiger partial charge >= 0.3 is 18.8 Å². The van der Waals surface area contributed by atoms with E-state index in [1.807, 2.05) is 36.4 Å². The van der Waals surface area contributed by atoms with Gasteiger partial charge in [0.25, 0.3) is 12.4 Å². The fourth-order valence-electron chi connectivity index (χ4n) is 3.38. The first-order chi connectivity index (χ1) is 20.0. The highest BCUT2D eigenvalue weighted by molar-refractivity contribution is 6.03. The lowest BCUT2D eigenvalue weighted by Crippen LogP contribution is -2.34. The highest BCUT2D eigenvalue weighted by Gasteiger charge is 2.38. The minimum atomic E-state index is -5.08. The molecule has 0 aliphatic carbocycles. The predicted molar refractivity (Wildman–Crippen MR) is 142 cm³/mol. The molecule has 1 saturated heterocycles. The number of fused-ring (bicyclic) bond motifs is 1. The number of aliphatic carboxylic acids is 1. The average molecular weight is 624 g/mol. The number of benzene rings is 1. The highest BCUT2D eigenvalue weighted by Crippen LogP contribution is 2.23. The number of halogens is 6. The van der Waals surface area contributed by atoms with Crippen molar-refractivity contribution in [3.63, 3.8) is 0 Å². The Labute approximate surface area is 241 Å². The van der Waals surface area contributed by atoms with Gasteiger partial charge in [0.05, 0.1) is 6.20 Å². The van der Waals surface area contributed by atoms with Crippen LogP contribution in [0.4, 0.5) is 32.2 Å². The number of carboxylic acids is 1. The monoisotopic (exact) mass is 623 g/mol. The van der Waals surface area contributed by atoms with E-state index in [0.717, 1.165) is 25.9 Å². The molecule has 3 heterocycles. The molecule has 1 aliphatic heterocycles. The molecule has 11 nitrogen and oxygen atoms in total. The van der Waals surface area contributed by atoms with E-state index in [9.17, 15) is 31.1 Å². The van der Waals surface area contributed by atoms with Gasteiger partial charge in [-0.2, -0.15) is 26.3 Å². The van der Waals surface area contributed by atoms with Crippen molar-refractivity contribution in [2.24, 2.45) is 0 Å². The fourth-order valence-corrected chi connectivity index (χ4v) is 3.38. The number of hydrogen-bond donors (Lipinski definition) is 4. The maximum absolute atomic E-state index is 12.6. The maximum atomic E-state index is 12.6. The molecule has 0 atom stereocenters. The lowest BCUT2D eigenvalue weighted by molar-refractivity contribution is -0.192. The molecule has 0 spiro atoms. The van der Waals surface area contributed by atoms with Gasteiger partial charge in [-0.05, 0) is 55.1 Å². The molecule has 43 heavy (non-hydrogen) atoms. The van der Waals surface area contributed by atoms with Gasteiger partial charge in [0.1, 0.15) is 6.10 Å². The largest absolute Gasteiger partial charge is 0.490 e. The lowest BCUT2D eigenvalue weighted by atomic mass is 9.87. The number of ether oxygens (including phenoxy) is 1. The Kier molecular flexibility index (Phi) is 14.4. The van der Waals surface area contributed by atoms with Crippen molar-refractivity contribution in [1.29, 1.82) is 0 Å². The zero-order valence-electron chi connectivity index (χ0n) is 23.2. The number of piperidine rings is 1. The molecule has 1 aliphatic rings. The van der Waals surface area contributed by atoms with Crippen molar-refractivity contribution < 1.29 is 55.7 Å². The summed E-state index contributed by atoms with van der Waals surface area (Å²) in [6.45, 7) is 4.45. The van der Waals surface area contributed by atoms with Crippen molar-refractivity contribution in [2.75, 3.05) is 18.4 Å². The third kappa shape index (κ3) is 13.9. The Bertz CT molecular complexity index is 1300. The number of carbonyl (C=O) groups is 3. The van der Waals surface area contributed by atoms with Crippen molar-refractivity contribution in [3.8, 4) is 5.88 Å². The van der Waals surface area contributed by atoms with Gasteiger partial charge in [0, 0.05) is 11.6 Å². The number of anilines is 1. The molecule has 0 bridgehead atoms. The topological polar surface area (TPSA) is 155 Å². The van der Waals surface area contributed by atoms with Crippen LogP contribution in [0.3, 0.4) is 0 Å². The van der Waals surface area contributed by atoms with Crippen molar-refractivity contribution in [1.82, 2.24) is 19.9 Å². The molecular weight excluding hydrogens is 592 g/mol. The van der Waals surface area contributed by atoms with Crippen LogP contribution in [0.5, 0.6) is 5.88 Å². The van der Waals surface area contributed by atoms with Crippen LogP contribution in [-0.2, 0) is 15.0 Å². The Hall–Kier alpha value is -4.41. The molecule has 238 valence electrons. The first-order valence-electron chi connectivity index (χ1n) is 12.4. The molecule has 1 aromatic carbocycles. The van der Waals surface area contributed by atoms with Gasteiger partial charge in [0.2, 0.25) is 5.88 Å². The normalized spacial score (nSPS) is 13.3. The van der Waals surface area contributed by atoms with Crippen LogP contribution in [0.25, 0.3) is 5.65 Å². The number of alkyl halides is 6. The van der Waals surface area contributed by atoms with E-state index < -0.39 is 18.8 Å². The summed E-state index contributed by atoms with van der Waals surface area (Å²) >= 11 is 0. The second-order valence-electron chi connectivity index (χ2n) is 9.60. The van der Waals surface area contributed by atoms with Gasteiger partial charge in [-0.1, -0.05) is 32.9 Å². The number of hydrogen-bond acceptors (Lipinski definition) is 7. The zero-order chi connectivity index (χ0) is 32.8. The maximum Gasteiger partial charge on any atom is 0.490 e. The van der Waals surface area contributed by atoms with Crippen molar-refractivity contribution in [2.45, 2.75) is 58.0 Å². The molecule has 0 unspecified atom stereocenters. The molecule has 1 amide bonds. The van der Waals surface area contributed by atoms with Crippen molar-refractivity contribution in [3.05, 3.63) is 53.7 Å². The molecule has 1 fully saturated rings.